The Morgan fingerprint density at radius 3 is 2.45 bits per heavy atom. The quantitative estimate of drug-likeness (QED) is 0.529. The SMILES string of the molecule is CC1CC12C[C@H](C(=O)NO)[C@@H](C(=O)N1CC[C@H](c3ccccc3)C1)N(C(=O)O)C2. The third-order valence-electron chi connectivity index (χ3n) is 7.14. The highest BCUT2D eigenvalue weighted by Gasteiger charge is 2.61. The molecule has 1 aromatic rings. The maximum Gasteiger partial charge on any atom is 0.408 e. The molecule has 29 heavy (non-hydrogen) atoms. The van der Waals surface area contributed by atoms with Gasteiger partial charge in [0.25, 0.3) is 0 Å². The van der Waals surface area contributed by atoms with E-state index in [4.69, 9.17) is 0 Å². The van der Waals surface area contributed by atoms with Gasteiger partial charge in [0.05, 0.1) is 5.92 Å². The minimum Gasteiger partial charge on any atom is -0.465 e. The molecule has 3 aliphatic rings. The molecule has 1 aromatic carbocycles. The van der Waals surface area contributed by atoms with Crippen LogP contribution in [0.3, 0.4) is 0 Å². The van der Waals surface area contributed by atoms with Gasteiger partial charge in [-0.2, -0.15) is 0 Å². The summed E-state index contributed by atoms with van der Waals surface area (Å²) < 4.78 is 0. The van der Waals surface area contributed by atoms with Crippen LogP contribution in [0, 0.1) is 17.3 Å². The molecule has 2 aliphatic heterocycles. The predicted octanol–water partition coefficient (Wildman–Crippen LogP) is 1.90. The highest BCUT2D eigenvalue weighted by molar-refractivity contribution is 5.92. The number of carboxylic acid groups (broad SMARTS) is 1. The van der Waals surface area contributed by atoms with Crippen molar-refractivity contribution in [3.05, 3.63) is 35.9 Å². The number of carbonyl (C=O) groups is 3. The van der Waals surface area contributed by atoms with Gasteiger partial charge in [0, 0.05) is 25.6 Å². The van der Waals surface area contributed by atoms with Gasteiger partial charge < -0.3 is 10.0 Å². The Morgan fingerprint density at radius 1 is 1.17 bits per heavy atom. The first-order chi connectivity index (χ1) is 13.9. The third kappa shape index (κ3) is 3.46. The number of carbonyl (C=O) groups excluding carboxylic acids is 2. The third-order valence-corrected chi connectivity index (χ3v) is 7.14. The van der Waals surface area contributed by atoms with Crippen LogP contribution in [-0.4, -0.2) is 63.7 Å². The topological polar surface area (TPSA) is 110 Å². The fourth-order valence-corrected chi connectivity index (χ4v) is 5.28. The van der Waals surface area contributed by atoms with Crippen molar-refractivity contribution in [2.24, 2.45) is 17.3 Å². The van der Waals surface area contributed by atoms with Gasteiger partial charge in [-0.05, 0) is 36.2 Å². The molecule has 5 atom stereocenters. The Morgan fingerprint density at radius 2 is 1.86 bits per heavy atom. The number of hydroxylamine groups is 1. The Kier molecular flexibility index (Phi) is 4.98. The Balaban J connectivity index is 1.57. The molecule has 0 radical (unpaired) electrons. The first-order valence-corrected chi connectivity index (χ1v) is 10.1. The molecule has 0 bridgehead atoms. The molecule has 1 spiro atoms. The lowest BCUT2D eigenvalue weighted by Gasteiger charge is -2.43. The molecule has 2 unspecified atom stereocenters. The Hall–Kier alpha value is -2.61. The number of benzene rings is 1. The van der Waals surface area contributed by atoms with Crippen molar-refractivity contribution < 1.29 is 24.7 Å². The van der Waals surface area contributed by atoms with Crippen LogP contribution in [0.25, 0.3) is 0 Å². The summed E-state index contributed by atoms with van der Waals surface area (Å²) in [7, 11) is 0. The molecule has 8 nitrogen and oxygen atoms in total. The summed E-state index contributed by atoms with van der Waals surface area (Å²) in [5.41, 5.74) is 2.53. The van der Waals surface area contributed by atoms with Crippen LogP contribution in [-0.2, 0) is 9.59 Å². The van der Waals surface area contributed by atoms with Gasteiger partial charge in [-0.1, -0.05) is 37.3 Å². The normalized spacial score (nSPS) is 33.6. The predicted molar refractivity (Wildman–Crippen MR) is 103 cm³/mol. The first kappa shape index (κ1) is 19.7. The van der Waals surface area contributed by atoms with E-state index in [-0.39, 0.29) is 23.8 Å². The van der Waals surface area contributed by atoms with Crippen molar-refractivity contribution in [3.63, 3.8) is 0 Å². The molecule has 1 aliphatic carbocycles. The van der Waals surface area contributed by atoms with E-state index in [1.807, 2.05) is 37.3 Å². The lowest BCUT2D eigenvalue weighted by atomic mass is 9.79. The number of nitrogens with one attached hydrogen (secondary N) is 1. The van der Waals surface area contributed by atoms with Crippen LogP contribution in [0.2, 0.25) is 0 Å². The fourth-order valence-electron chi connectivity index (χ4n) is 5.28. The fraction of sp³-hybridized carbons (Fsp3) is 0.571. The standard InChI is InChI=1S/C21H27N3O5/c1-13-9-21(13)10-16(18(25)22-29)17(24(12-21)20(27)28)19(26)23-8-7-15(11-23)14-5-3-2-4-6-14/h2-6,13,15-17,29H,7-12H2,1H3,(H,22,25)(H,27,28)/t13?,15-,16-,17-,21?/m0/s1. The number of nitrogens with zero attached hydrogens (tertiary/aromatic N) is 2. The number of rotatable bonds is 3. The molecular formula is C21H27N3O5. The molecule has 0 aromatic heterocycles. The molecule has 2 saturated heterocycles. The van der Waals surface area contributed by atoms with E-state index < -0.39 is 24.0 Å². The molecule has 4 rings (SSSR count). The van der Waals surface area contributed by atoms with E-state index in [9.17, 15) is 24.7 Å². The molecular weight excluding hydrogens is 374 g/mol. The van der Waals surface area contributed by atoms with Gasteiger partial charge in [0.15, 0.2) is 0 Å². The van der Waals surface area contributed by atoms with Crippen molar-refractivity contribution in [3.8, 4) is 0 Å². The summed E-state index contributed by atoms with van der Waals surface area (Å²) in [4.78, 5) is 40.6. The maximum absolute atomic E-state index is 13.4. The molecule has 8 heteroatoms. The molecule has 3 amide bonds. The Labute approximate surface area is 169 Å². The second-order valence-electron chi connectivity index (χ2n) is 8.79. The summed E-state index contributed by atoms with van der Waals surface area (Å²) in [5.74, 6) is -1.43. The van der Waals surface area contributed by atoms with Gasteiger partial charge >= 0.3 is 6.09 Å². The molecule has 156 valence electrons. The van der Waals surface area contributed by atoms with Gasteiger partial charge in [-0.25, -0.2) is 10.3 Å². The lowest BCUT2D eigenvalue weighted by Crippen LogP contribution is -2.61. The zero-order chi connectivity index (χ0) is 20.8. The number of likely N-dealkylation sites (tertiary alicyclic amines) is 2. The van der Waals surface area contributed by atoms with Crippen molar-refractivity contribution >= 4 is 17.9 Å². The van der Waals surface area contributed by atoms with Crippen molar-refractivity contribution in [2.45, 2.75) is 38.1 Å². The Bertz CT molecular complexity index is 816. The van der Waals surface area contributed by atoms with Gasteiger partial charge in [-0.15, -0.1) is 0 Å². The van der Waals surface area contributed by atoms with Gasteiger partial charge in [0.1, 0.15) is 6.04 Å². The van der Waals surface area contributed by atoms with E-state index in [1.54, 1.807) is 10.4 Å². The minimum absolute atomic E-state index is 0.196. The second-order valence-corrected chi connectivity index (χ2v) is 8.79. The number of hydrogen-bond donors (Lipinski definition) is 3. The van der Waals surface area contributed by atoms with Crippen LogP contribution in [0.5, 0.6) is 0 Å². The molecule has 3 fully saturated rings. The summed E-state index contributed by atoms with van der Waals surface area (Å²) in [6, 6.07) is 8.83. The number of hydrogen-bond acceptors (Lipinski definition) is 4. The van der Waals surface area contributed by atoms with E-state index in [2.05, 4.69) is 0 Å². The van der Waals surface area contributed by atoms with Gasteiger partial charge in [0.2, 0.25) is 11.8 Å². The highest BCUT2D eigenvalue weighted by Crippen LogP contribution is 2.59. The summed E-state index contributed by atoms with van der Waals surface area (Å²) in [6.07, 6.45) is 0.840. The van der Waals surface area contributed by atoms with Gasteiger partial charge in [-0.3, -0.25) is 19.7 Å². The van der Waals surface area contributed by atoms with Crippen molar-refractivity contribution in [2.75, 3.05) is 19.6 Å². The zero-order valence-corrected chi connectivity index (χ0v) is 16.5. The van der Waals surface area contributed by atoms with E-state index >= 15 is 0 Å². The maximum atomic E-state index is 13.4. The van der Waals surface area contributed by atoms with Crippen molar-refractivity contribution in [1.29, 1.82) is 0 Å². The second kappa shape index (κ2) is 7.33. The molecule has 2 heterocycles. The zero-order valence-electron chi connectivity index (χ0n) is 16.5. The van der Waals surface area contributed by atoms with Crippen LogP contribution in [0.1, 0.15) is 37.7 Å². The minimum atomic E-state index is -1.20. The average Bonchev–Trinajstić information content (AvgIpc) is 3.12. The summed E-state index contributed by atoms with van der Waals surface area (Å²) in [6.45, 7) is 3.31. The summed E-state index contributed by atoms with van der Waals surface area (Å²) in [5, 5.41) is 19.0. The van der Waals surface area contributed by atoms with Crippen LogP contribution in [0.15, 0.2) is 30.3 Å². The number of amides is 3. The first-order valence-electron chi connectivity index (χ1n) is 10.1. The summed E-state index contributed by atoms with van der Waals surface area (Å²) >= 11 is 0. The van der Waals surface area contributed by atoms with Crippen LogP contribution < -0.4 is 5.48 Å². The van der Waals surface area contributed by atoms with Crippen molar-refractivity contribution in [1.82, 2.24) is 15.3 Å². The average molecular weight is 401 g/mol. The van der Waals surface area contributed by atoms with E-state index in [0.29, 0.717) is 25.4 Å². The van der Waals surface area contributed by atoms with Crippen LogP contribution in [0.4, 0.5) is 4.79 Å². The lowest BCUT2D eigenvalue weighted by molar-refractivity contribution is -0.149. The molecule has 1 saturated carbocycles. The highest BCUT2D eigenvalue weighted by atomic mass is 16.5. The monoisotopic (exact) mass is 401 g/mol. The number of piperidine rings is 1. The van der Waals surface area contributed by atoms with Crippen LogP contribution >= 0.6 is 0 Å². The largest absolute Gasteiger partial charge is 0.465 e. The van der Waals surface area contributed by atoms with E-state index in [0.717, 1.165) is 23.3 Å². The molecule has 3 N–H and O–H groups in total. The van der Waals surface area contributed by atoms with E-state index in [1.165, 1.54) is 0 Å². The smallest absolute Gasteiger partial charge is 0.408 e.